The average Bonchev–Trinajstić information content (AvgIpc) is 2.89. The van der Waals surface area contributed by atoms with E-state index >= 15 is 0 Å². The van der Waals surface area contributed by atoms with E-state index in [1.807, 2.05) is 24.3 Å². The van der Waals surface area contributed by atoms with Crippen LogP contribution in [0.1, 0.15) is 35.2 Å². The molecule has 1 heterocycles. The summed E-state index contributed by atoms with van der Waals surface area (Å²) in [6.45, 7) is 0.866. The molecular formula is C27H27ClN4O4. The highest BCUT2D eigenvalue weighted by molar-refractivity contribution is 6.30. The van der Waals surface area contributed by atoms with Crippen molar-refractivity contribution in [3.63, 3.8) is 0 Å². The molecule has 36 heavy (non-hydrogen) atoms. The molecule has 1 fully saturated rings. The smallest absolute Gasteiger partial charge is 0.412 e. The third kappa shape index (κ3) is 5.95. The van der Waals surface area contributed by atoms with Crippen molar-refractivity contribution in [1.29, 1.82) is 0 Å². The Kier molecular flexibility index (Phi) is 8.07. The summed E-state index contributed by atoms with van der Waals surface area (Å²) in [5.41, 5.74) is 3.05. The van der Waals surface area contributed by atoms with Gasteiger partial charge in [0.15, 0.2) is 0 Å². The number of carbonyl (C=O) groups is 2. The Balaban J connectivity index is 1.50. The number of amidine groups is 1. The van der Waals surface area contributed by atoms with Gasteiger partial charge in [0, 0.05) is 40.6 Å². The maximum Gasteiger partial charge on any atom is 0.412 e. The lowest BCUT2D eigenvalue weighted by molar-refractivity contribution is 0.102. The van der Waals surface area contributed by atoms with Gasteiger partial charge in [0.2, 0.25) is 0 Å². The van der Waals surface area contributed by atoms with Gasteiger partial charge in [-0.3, -0.25) is 9.69 Å². The van der Waals surface area contributed by atoms with Crippen LogP contribution >= 0.6 is 11.6 Å². The Labute approximate surface area is 214 Å². The lowest BCUT2D eigenvalue weighted by Gasteiger charge is -2.29. The minimum Gasteiger partial charge on any atom is -0.465 e. The number of halogens is 1. The van der Waals surface area contributed by atoms with Crippen LogP contribution in [0.5, 0.6) is 0 Å². The highest BCUT2D eigenvalue weighted by atomic mass is 35.5. The summed E-state index contributed by atoms with van der Waals surface area (Å²) in [6, 6.07) is 21.0. The fraction of sp³-hybridized carbons (Fsp3) is 0.222. The minimum absolute atomic E-state index is 0.00999. The number of hydrogen-bond acceptors (Lipinski definition) is 4. The number of carboxylic acid groups (broad SMARTS) is 1. The molecule has 0 spiro atoms. The van der Waals surface area contributed by atoms with Gasteiger partial charge in [-0.05, 0) is 73.0 Å². The molecule has 0 unspecified atom stereocenters. The number of hydrogen-bond donors (Lipinski definition) is 2. The van der Waals surface area contributed by atoms with Crippen LogP contribution in [-0.4, -0.2) is 36.6 Å². The number of nitrogens with one attached hydrogen (secondary N) is 1. The van der Waals surface area contributed by atoms with Gasteiger partial charge < -0.3 is 20.2 Å². The van der Waals surface area contributed by atoms with Crippen molar-refractivity contribution in [3.05, 3.63) is 88.9 Å². The molecule has 2 amide bonds. The van der Waals surface area contributed by atoms with Crippen molar-refractivity contribution in [2.45, 2.75) is 25.8 Å². The first-order valence-electron chi connectivity index (χ1n) is 11.6. The molecule has 9 heteroatoms. The SMILES string of the molecule is CON=C1CCCCN1c1ccc(NC(=O)c2ccccc2CN(C(=O)O)c2ccc(Cl)cc2)cc1. The zero-order chi connectivity index (χ0) is 25.5. The number of anilines is 3. The quantitative estimate of drug-likeness (QED) is 0.370. The van der Waals surface area contributed by atoms with E-state index in [1.54, 1.807) is 55.6 Å². The summed E-state index contributed by atoms with van der Waals surface area (Å²) in [4.78, 5) is 33.4. The van der Waals surface area contributed by atoms with Crippen molar-refractivity contribution in [2.24, 2.45) is 5.16 Å². The molecular weight excluding hydrogens is 480 g/mol. The van der Waals surface area contributed by atoms with Gasteiger partial charge in [0.25, 0.3) is 5.91 Å². The van der Waals surface area contributed by atoms with Crippen molar-refractivity contribution in [3.8, 4) is 0 Å². The predicted molar refractivity (Wildman–Crippen MR) is 142 cm³/mol. The summed E-state index contributed by atoms with van der Waals surface area (Å²) in [6.07, 6.45) is 1.87. The molecule has 0 bridgehead atoms. The Bertz CT molecular complexity index is 1250. The fourth-order valence-electron chi connectivity index (χ4n) is 4.16. The van der Waals surface area contributed by atoms with Gasteiger partial charge in [-0.2, -0.15) is 0 Å². The molecule has 0 atom stereocenters. The van der Waals surface area contributed by atoms with Crippen molar-refractivity contribution in [2.75, 3.05) is 28.8 Å². The zero-order valence-electron chi connectivity index (χ0n) is 19.9. The number of nitrogens with zero attached hydrogens (tertiary/aromatic N) is 3. The van der Waals surface area contributed by atoms with E-state index in [0.29, 0.717) is 27.5 Å². The molecule has 0 aliphatic carbocycles. The van der Waals surface area contributed by atoms with Gasteiger partial charge in [-0.25, -0.2) is 4.79 Å². The van der Waals surface area contributed by atoms with Crippen LogP contribution in [0.4, 0.5) is 21.9 Å². The molecule has 3 aromatic carbocycles. The number of rotatable bonds is 7. The van der Waals surface area contributed by atoms with Crippen molar-refractivity contribution >= 4 is 46.5 Å². The number of piperidine rings is 1. The monoisotopic (exact) mass is 506 g/mol. The highest BCUT2D eigenvalue weighted by Gasteiger charge is 2.21. The molecule has 0 radical (unpaired) electrons. The summed E-state index contributed by atoms with van der Waals surface area (Å²) in [5, 5.41) is 17.4. The van der Waals surface area contributed by atoms with Gasteiger partial charge >= 0.3 is 6.09 Å². The van der Waals surface area contributed by atoms with Crippen LogP contribution in [0, 0.1) is 0 Å². The van der Waals surface area contributed by atoms with Gasteiger partial charge in [-0.1, -0.05) is 35.0 Å². The maximum absolute atomic E-state index is 13.2. The van der Waals surface area contributed by atoms with E-state index < -0.39 is 6.09 Å². The number of oxime groups is 1. The van der Waals surface area contributed by atoms with E-state index in [-0.39, 0.29) is 12.5 Å². The molecule has 1 aliphatic heterocycles. The van der Waals surface area contributed by atoms with Gasteiger partial charge in [0.05, 0.1) is 6.54 Å². The van der Waals surface area contributed by atoms with Crippen molar-refractivity contribution < 1.29 is 19.5 Å². The fourth-order valence-corrected chi connectivity index (χ4v) is 4.29. The van der Waals surface area contributed by atoms with Crippen LogP contribution in [0.15, 0.2) is 78.0 Å². The third-order valence-corrected chi connectivity index (χ3v) is 6.19. The van der Waals surface area contributed by atoms with Crippen LogP contribution in [-0.2, 0) is 11.4 Å². The van der Waals surface area contributed by atoms with Crippen LogP contribution in [0.3, 0.4) is 0 Å². The second-order valence-electron chi connectivity index (χ2n) is 8.30. The van der Waals surface area contributed by atoms with E-state index in [4.69, 9.17) is 16.4 Å². The van der Waals surface area contributed by atoms with E-state index in [0.717, 1.165) is 37.3 Å². The molecule has 2 N–H and O–H groups in total. The zero-order valence-corrected chi connectivity index (χ0v) is 20.6. The molecule has 4 rings (SSSR count). The normalized spacial score (nSPS) is 14.4. The molecule has 0 saturated carbocycles. The Morgan fingerprint density at radius 2 is 1.78 bits per heavy atom. The predicted octanol–water partition coefficient (Wildman–Crippen LogP) is 6.23. The van der Waals surface area contributed by atoms with Crippen LogP contribution in [0.2, 0.25) is 5.02 Å². The number of benzene rings is 3. The molecule has 3 aromatic rings. The first-order chi connectivity index (χ1) is 17.5. The average molecular weight is 507 g/mol. The van der Waals surface area contributed by atoms with Crippen molar-refractivity contribution in [1.82, 2.24) is 0 Å². The van der Waals surface area contributed by atoms with Crippen LogP contribution < -0.4 is 15.1 Å². The molecule has 1 aliphatic rings. The molecule has 0 aromatic heterocycles. The Hall–Kier alpha value is -4.04. The van der Waals surface area contributed by atoms with Crippen LogP contribution in [0.25, 0.3) is 0 Å². The highest BCUT2D eigenvalue weighted by Crippen LogP contribution is 2.25. The van der Waals surface area contributed by atoms with E-state index in [9.17, 15) is 14.7 Å². The molecule has 186 valence electrons. The molecule has 8 nitrogen and oxygen atoms in total. The topological polar surface area (TPSA) is 94.5 Å². The minimum atomic E-state index is -1.13. The lowest BCUT2D eigenvalue weighted by atomic mass is 10.1. The maximum atomic E-state index is 13.2. The second-order valence-corrected chi connectivity index (χ2v) is 8.74. The summed E-state index contributed by atoms with van der Waals surface area (Å²) in [5.74, 6) is 0.567. The lowest BCUT2D eigenvalue weighted by Crippen LogP contribution is -2.35. The first kappa shape index (κ1) is 25.1. The molecule has 1 saturated heterocycles. The summed E-state index contributed by atoms with van der Waals surface area (Å²) < 4.78 is 0. The van der Waals surface area contributed by atoms with E-state index in [2.05, 4.69) is 15.4 Å². The number of carbonyl (C=O) groups excluding carboxylic acids is 1. The van der Waals surface area contributed by atoms with Gasteiger partial charge in [0.1, 0.15) is 12.9 Å². The summed E-state index contributed by atoms with van der Waals surface area (Å²) >= 11 is 5.94. The van der Waals surface area contributed by atoms with Gasteiger partial charge in [-0.15, -0.1) is 0 Å². The largest absolute Gasteiger partial charge is 0.465 e. The number of amides is 2. The Morgan fingerprint density at radius 3 is 2.47 bits per heavy atom. The Morgan fingerprint density at radius 1 is 1.06 bits per heavy atom. The van der Waals surface area contributed by atoms with E-state index in [1.165, 1.54) is 4.90 Å². The second kappa shape index (κ2) is 11.6. The third-order valence-electron chi connectivity index (χ3n) is 5.94. The standard InChI is InChI=1S/C27H27ClN4O4/c1-36-30-25-8-4-5-17-31(25)22-15-11-21(12-16-22)29-26(33)24-7-3-2-6-19(24)18-32(27(34)35)23-13-9-20(28)10-14-23/h2-3,6-7,9-16H,4-5,8,17-18H2,1H3,(H,29,33)(H,34,35). The first-order valence-corrected chi connectivity index (χ1v) is 12.0. The summed E-state index contributed by atoms with van der Waals surface area (Å²) in [7, 11) is 1.54.